The Morgan fingerprint density at radius 3 is 0.611 bits per heavy atom. The van der Waals surface area contributed by atoms with Crippen molar-refractivity contribution in [3.63, 3.8) is 0 Å². The third-order valence-corrected chi connectivity index (χ3v) is 24.2. The first-order chi connectivity index (χ1) is 61.1. The molecule has 0 N–H and O–H groups in total. The van der Waals surface area contributed by atoms with Gasteiger partial charge in [-0.2, -0.15) is 105 Å². The molecule has 0 atom stereocenters. The van der Waals surface area contributed by atoms with Crippen molar-refractivity contribution in [2.45, 2.75) is 0 Å². The molecule has 612 valence electrons. The Hall–Kier alpha value is -14.5. The summed E-state index contributed by atoms with van der Waals surface area (Å²) in [5.74, 6) is 0.523. The Labute approximate surface area is 764 Å². The van der Waals surface area contributed by atoms with Crippen molar-refractivity contribution in [1.29, 1.82) is 0 Å². The maximum atomic E-state index is 5.13. The zero-order valence-corrected chi connectivity index (χ0v) is 74.0. The molecule has 0 amide bonds. The first-order valence-electron chi connectivity index (χ1n) is 41.7. The van der Waals surface area contributed by atoms with Gasteiger partial charge in [0.25, 0.3) is 0 Å². The van der Waals surface area contributed by atoms with E-state index in [-0.39, 0.29) is 40.2 Å². The van der Waals surface area contributed by atoms with Crippen LogP contribution in [0.3, 0.4) is 0 Å². The summed E-state index contributed by atoms with van der Waals surface area (Å²) in [6, 6.07) is 152. The molecule has 2 radical (unpaired) electrons. The second-order valence-corrected chi connectivity index (χ2v) is 31.8. The molecule has 4 aliphatic heterocycles. The van der Waals surface area contributed by atoms with Gasteiger partial charge in [-0.15, -0.1) is 69.3 Å². The number of hydrogen-bond donors (Lipinski definition) is 0. The number of anilines is 12. The fourth-order valence-corrected chi connectivity index (χ4v) is 18.1. The minimum Gasteiger partial charge on any atom is -0.504 e. The maximum Gasteiger partial charge on any atom is 0.0326 e. The van der Waals surface area contributed by atoms with E-state index in [2.05, 4.69) is 494 Å². The van der Waals surface area contributed by atoms with Gasteiger partial charge < -0.3 is 49.2 Å². The molecule has 0 unspecified atom stereocenters. The number of hydrogen-bond acceptors (Lipinski definition) is 10. The van der Waals surface area contributed by atoms with Crippen LogP contribution in [0.15, 0.2) is 376 Å². The van der Waals surface area contributed by atoms with Gasteiger partial charge in [-0.05, 0) is 191 Å². The second-order valence-electron chi connectivity index (χ2n) is 31.8. The Balaban J connectivity index is 0.00000501. The van der Waals surface area contributed by atoms with Gasteiger partial charge in [-0.3, -0.25) is 12.1 Å². The third-order valence-electron chi connectivity index (χ3n) is 24.2. The summed E-state index contributed by atoms with van der Waals surface area (Å²) in [6.45, 7) is 8.49. The van der Waals surface area contributed by atoms with Crippen molar-refractivity contribution in [1.82, 2.24) is 9.97 Å². The Morgan fingerprint density at radius 2 is 0.389 bits per heavy atom. The fourth-order valence-electron chi connectivity index (χ4n) is 18.1. The van der Waals surface area contributed by atoms with Crippen molar-refractivity contribution < 1.29 is 40.2 Å². The molecule has 0 bridgehead atoms. The molecule has 17 aromatic carbocycles. The Kier molecular flexibility index (Phi) is 21.6. The van der Waals surface area contributed by atoms with E-state index in [0.717, 1.165) is 202 Å². The number of aromatic nitrogens is 2. The maximum absolute atomic E-state index is 5.13. The van der Waals surface area contributed by atoms with E-state index in [1.54, 1.807) is 0 Å². The van der Waals surface area contributed by atoms with Crippen LogP contribution in [0.5, 0.6) is 0 Å². The zero-order chi connectivity index (χ0) is 82.9. The van der Waals surface area contributed by atoms with E-state index in [4.69, 9.17) is 9.97 Å². The summed E-state index contributed by atoms with van der Waals surface area (Å²) < 4.78 is 0. The Bertz CT molecular complexity index is 6340. The molecule has 0 fully saturated rings. The molecular formula is C114H78Ir2N10-10. The molecule has 0 saturated carbocycles. The molecule has 10 nitrogen and oxygen atoms in total. The molecule has 5 heterocycles. The van der Waals surface area contributed by atoms with Gasteiger partial charge in [0.05, 0.1) is 0 Å². The number of benzene rings is 17. The summed E-state index contributed by atoms with van der Waals surface area (Å²) in [4.78, 5) is 27.7. The smallest absolute Gasteiger partial charge is 0.0326 e. The summed E-state index contributed by atoms with van der Waals surface area (Å²) in [7, 11) is 8.34. The largest absolute Gasteiger partial charge is 0.504 e. The average Bonchev–Trinajstić information content (AvgIpc) is 1.71. The van der Waals surface area contributed by atoms with E-state index in [9.17, 15) is 0 Å². The summed E-state index contributed by atoms with van der Waals surface area (Å²) in [5, 5.41) is 0. The van der Waals surface area contributed by atoms with Crippen molar-refractivity contribution in [3.05, 3.63) is 439 Å². The van der Waals surface area contributed by atoms with E-state index in [1.165, 1.54) is 0 Å². The van der Waals surface area contributed by atoms with Crippen LogP contribution in [0.25, 0.3) is 145 Å². The van der Waals surface area contributed by atoms with Crippen LogP contribution in [0.2, 0.25) is 0 Å². The second kappa shape index (κ2) is 34.0. The van der Waals surface area contributed by atoms with Crippen molar-refractivity contribution >= 4 is 68.2 Å². The number of rotatable bonds is 17. The molecule has 22 rings (SSSR count). The molecule has 18 aromatic rings. The minimum absolute atomic E-state index is 0. The van der Waals surface area contributed by atoms with Gasteiger partial charge in [0, 0.05) is 104 Å². The van der Waals surface area contributed by atoms with Gasteiger partial charge in [0.2, 0.25) is 0 Å². The minimum atomic E-state index is 0. The van der Waals surface area contributed by atoms with E-state index in [0.29, 0.717) is 11.4 Å². The molecule has 12 heteroatoms. The van der Waals surface area contributed by atoms with Crippen LogP contribution in [-0.2, 0) is 40.2 Å². The Morgan fingerprint density at radius 1 is 0.198 bits per heavy atom. The first kappa shape index (κ1) is 80.0. The average molecular weight is 1970 g/mol. The van der Waals surface area contributed by atoms with Crippen LogP contribution >= 0.6 is 0 Å². The molecule has 0 spiro atoms. The predicted molar refractivity (Wildman–Crippen MR) is 511 cm³/mol. The quantitative estimate of drug-likeness (QED) is 0.0824. The SMILES string of the molecule is CN1[CH-]N(c2[c-]cc(-c3ccccc3-c3cc(-c4ccccc4-c4c[c-]c(-c5ncc(-c6ccccc6-c6cc(-c7ccccc7-c7c[c-]c(N8[CH-]N(C)c9ccccc98)cc7)cc(-c7ccccc7-c7c[c-]c(N8[CH-]N(C)c9ccccc98)cc7)c6)cn5)[c-]c4)cc(-c4ccccc4-c4c[c-]c(N5[CH-]N(C)c6ccccc65)cc4)c3)cc2)c2ccccc21.[Ir].[Ir]. The molecule has 1 aromatic heterocycles. The van der Waals surface area contributed by atoms with Gasteiger partial charge in [-0.1, -0.05) is 222 Å². The molecule has 0 saturated heterocycles. The van der Waals surface area contributed by atoms with Gasteiger partial charge in [0.1, 0.15) is 0 Å². The van der Waals surface area contributed by atoms with Gasteiger partial charge >= 0.3 is 0 Å². The van der Waals surface area contributed by atoms with Crippen LogP contribution in [0, 0.1) is 63.1 Å². The topological polar surface area (TPSA) is 51.7 Å². The molecular weight excluding hydrogens is 1890 g/mol. The third kappa shape index (κ3) is 14.8. The van der Waals surface area contributed by atoms with Crippen LogP contribution in [-0.4, -0.2) is 38.2 Å². The van der Waals surface area contributed by atoms with E-state index in [1.807, 2.05) is 12.4 Å². The molecule has 126 heavy (non-hydrogen) atoms. The van der Waals surface area contributed by atoms with Crippen LogP contribution in [0.4, 0.5) is 68.2 Å². The van der Waals surface area contributed by atoms with E-state index < -0.39 is 0 Å². The number of nitrogens with zero attached hydrogens (tertiary/aromatic N) is 10. The molecule has 0 aliphatic carbocycles. The standard InChI is InChI=1S/C114H78N10.2Ir/c1-117-73-121(110-41-21-17-37-106(110)117)90-57-49-78(50-58-90)95-26-6-11-31-100(95)84-65-83(66-85(67-84)101-32-12-7-27-96(101)79-51-59-91(60-52-79)122-74-118(2)107-38-18-22-42-111(107)122)99-30-10-5-25-94(99)77-45-47-82(48-46-77)114-115-71-89(72-116-114)105-36-16-15-35-104(105)88-69-86(102-33-13-8-28-97(102)80-53-61-92(62-54-80)123-75-119(3)108-39-19-23-43-112(108)123)68-87(70-88)103-34-14-9-29-98(103)81-55-63-93(64-56-81)124-76-120(4)109-40-20-24-44-113(109)124;;/h5-46,49-57,59,61,63,65-76H,1-4H3;;/q-10;;. The normalized spacial score (nSPS) is 13.0. The number of para-hydroxylation sites is 8. The molecule has 4 aliphatic rings. The predicted octanol–water partition coefficient (Wildman–Crippen LogP) is 27.8. The van der Waals surface area contributed by atoms with Crippen molar-refractivity contribution in [2.24, 2.45) is 0 Å². The zero-order valence-electron chi connectivity index (χ0n) is 69.2. The van der Waals surface area contributed by atoms with Gasteiger partial charge in [-0.25, -0.2) is 17.7 Å². The first-order valence-corrected chi connectivity index (χ1v) is 41.7. The fraction of sp³-hybridized carbons (Fsp3) is 0.0351. The van der Waals surface area contributed by atoms with Crippen LogP contribution in [0.1, 0.15) is 0 Å². The van der Waals surface area contributed by atoms with Gasteiger partial charge in [0.15, 0.2) is 0 Å². The monoisotopic (exact) mass is 1970 g/mol. The summed E-state index contributed by atoms with van der Waals surface area (Å²) >= 11 is 0. The summed E-state index contributed by atoms with van der Waals surface area (Å²) in [5.41, 5.74) is 39.1. The number of fused-ring (bicyclic) bond motifs is 4. The summed E-state index contributed by atoms with van der Waals surface area (Å²) in [6.07, 6.45) is 3.88. The van der Waals surface area contributed by atoms with Crippen LogP contribution < -0.4 is 39.2 Å². The van der Waals surface area contributed by atoms with Crippen molar-refractivity contribution in [3.8, 4) is 145 Å². The van der Waals surface area contributed by atoms with E-state index >= 15 is 0 Å². The van der Waals surface area contributed by atoms with Crippen molar-refractivity contribution in [2.75, 3.05) is 67.4 Å².